The molecule has 0 amide bonds. The topological polar surface area (TPSA) is 35.8 Å². The minimum Gasteiger partial charge on any atom is -0.363 e. The molecule has 2 heterocycles. The van der Waals surface area contributed by atoms with Crippen LogP contribution in [0.2, 0.25) is 0 Å². The zero-order valence-corrected chi connectivity index (χ0v) is 12.1. The molecule has 4 rings (SSSR count). The number of rotatable bonds is 2. The van der Waals surface area contributed by atoms with E-state index in [-0.39, 0.29) is 0 Å². The van der Waals surface area contributed by atoms with Crippen molar-refractivity contribution in [3.8, 4) is 0 Å². The van der Waals surface area contributed by atoms with Crippen molar-refractivity contribution in [3.63, 3.8) is 0 Å². The number of hydrogen-bond acceptors (Lipinski definition) is 3. The zero-order chi connectivity index (χ0) is 14.4. The summed E-state index contributed by atoms with van der Waals surface area (Å²) in [5.41, 5.74) is 3.10. The molecular weight excluding hydrogens is 260 g/mol. The number of fused-ring (bicyclic) bond motifs is 3. The van der Waals surface area contributed by atoms with E-state index in [2.05, 4.69) is 24.0 Å². The van der Waals surface area contributed by atoms with Crippen molar-refractivity contribution in [2.45, 2.75) is 19.1 Å². The van der Waals surface area contributed by atoms with Gasteiger partial charge in [-0.1, -0.05) is 55.5 Å². The summed E-state index contributed by atoms with van der Waals surface area (Å²) in [7, 11) is 0. The van der Waals surface area contributed by atoms with Crippen molar-refractivity contribution < 1.29 is 5.11 Å². The molecule has 2 aliphatic heterocycles. The van der Waals surface area contributed by atoms with Crippen LogP contribution in [0.15, 0.2) is 53.5 Å². The van der Waals surface area contributed by atoms with Gasteiger partial charge in [0, 0.05) is 23.2 Å². The molecule has 0 aliphatic carbocycles. The van der Waals surface area contributed by atoms with E-state index in [4.69, 9.17) is 0 Å². The highest BCUT2D eigenvalue weighted by atomic mass is 16.3. The van der Waals surface area contributed by atoms with E-state index in [1.807, 2.05) is 41.3 Å². The van der Waals surface area contributed by atoms with Gasteiger partial charge in [0.1, 0.15) is 5.84 Å². The van der Waals surface area contributed by atoms with Crippen molar-refractivity contribution in [1.29, 1.82) is 0 Å². The lowest BCUT2D eigenvalue weighted by Gasteiger charge is -2.34. The number of nitrogens with zero attached hydrogens (tertiary/aromatic N) is 2. The highest BCUT2D eigenvalue weighted by Gasteiger charge is 2.49. The van der Waals surface area contributed by atoms with Crippen LogP contribution in [0, 0.1) is 0 Å². The second-order valence-corrected chi connectivity index (χ2v) is 5.63. The molecule has 3 heteroatoms. The van der Waals surface area contributed by atoms with Gasteiger partial charge in [-0.25, -0.2) is 0 Å². The van der Waals surface area contributed by atoms with Gasteiger partial charge in [0.2, 0.25) is 0 Å². The fraction of sp³-hybridized carbons (Fsp3) is 0.278. The smallest absolute Gasteiger partial charge is 0.193 e. The van der Waals surface area contributed by atoms with E-state index in [0.717, 1.165) is 42.0 Å². The summed E-state index contributed by atoms with van der Waals surface area (Å²) in [6.07, 6.45) is 1.01. The number of benzene rings is 2. The maximum Gasteiger partial charge on any atom is 0.193 e. The van der Waals surface area contributed by atoms with Crippen LogP contribution in [0.5, 0.6) is 0 Å². The Morgan fingerprint density at radius 2 is 1.90 bits per heavy atom. The molecule has 3 nitrogen and oxygen atoms in total. The molecule has 0 saturated heterocycles. The van der Waals surface area contributed by atoms with Gasteiger partial charge < -0.3 is 10.0 Å². The van der Waals surface area contributed by atoms with Crippen LogP contribution in [0.4, 0.5) is 0 Å². The first-order valence-electron chi connectivity index (χ1n) is 7.49. The first kappa shape index (κ1) is 12.6. The molecule has 21 heavy (non-hydrogen) atoms. The van der Waals surface area contributed by atoms with Crippen molar-refractivity contribution in [1.82, 2.24) is 4.90 Å². The minimum absolute atomic E-state index is 0.749. The molecule has 1 atom stereocenters. The molecule has 0 radical (unpaired) electrons. The normalized spacial score (nSPS) is 23.0. The van der Waals surface area contributed by atoms with Crippen LogP contribution >= 0.6 is 0 Å². The SMILES string of the molecule is CCc1ccc(C2(O)c3ccccc3C3=NCCN32)cc1. The van der Waals surface area contributed by atoms with Gasteiger partial charge in [-0.2, -0.15) is 0 Å². The molecule has 0 spiro atoms. The van der Waals surface area contributed by atoms with Crippen LogP contribution in [0.1, 0.15) is 29.2 Å². The Hall–Kier alpha value is -2.13. The Bertz CT molecular complexity index is 720. The summed E-state index contributed by atoms with van der Waals surface area (Å²) in [5, 5.41) is 11.5. The second kappa shape index (κ2) is 4.43. The van der Waals surface area contributed by atoms with Gasteiger partial charge in [-0.3, -0.25) is 4.99 Å². The number of amidine groups is 1. The van der Waals surface area contributed by atoms with Crippen molar-refractivity contribution >= 4 is 5.84 Å². The number of aryl methyl sites for hydroxylation is 1. The largest absolute Gasteiger partial charge is 0.363 e. The summed E-state index contributed by atoms with van der Waals surface area (Å²) < 4.78 is 0. The van der Waals surface area contributed by atoms with E-state index in [9.17, 15) is 5.11 Å². The lowest BCUT2D eigenvalue weighted by atomic mass is 9.93. The molecule has 0 aromatic heterocycles. The van der Waals surface area contributed by atoms with E-state index < -0.39 is 5.72 Å². The monoisotopic (exact) mass is 278 g/mol. The van der Waals surface area contributed by atoms with Gasteiger partial charge in [0.15, 0.2) is 5.72 Å². The predicted octanol–water partition coefficient (Wildman–Crippen LogP) is 2.52. The Labute approximate surface area is 124 Å². The maximum absolute atomic E-state index is 11.5. The third-order valence-corrected chi connectivity index (χ3v) is 4.54. The van der Waals surface area contributed by atoms with Gasteiger partial charge in [0.05, 0.1) is 6.54 Å². The van der Waals surface area contributed by atoms with E-state index in [1.165, 1.54) is 5.56 Å². The van der Waals surface area contributed by atoms with Gasteiger partial charge in [-0.05, 0) is 12.0 Å². The minimum atomic E-state index is -1.09. The third kappa shape index (κ3) is 1.61. The summed E-state index contributed by atoms with van der Waals surface area (Å²) in [6.45, 7) is 3.65. The third-order valence-electron chi connectivity index (χ3n) is 4.54. The van der Waals surface area contributed by atoms with E-state index in [0.29, 0.717) is 0 Å². The van der Waals surface area contributed by atoms with Crippen LogP contribution in [-0.2, 0) is 12.1 Å². The van der Waals surface area contributed by atoms with Gasteiger partial charge in [-0.15, -0.1) is 0 Å². The van der Waals surface area contributed by atoms with Crippen LogP contribution in [0.25, 0.3) is 0 Å². The Balaban J connectivity index is 1.91. The maximum atomic E-state index is 11.5. The molecular formula is C18H18N2O. The molecule has 1 N–H and O–H groups in total. The first-order chi connectivity index (χ1) is 10.2. The van der Waals surface area contributed by atoms with Crippen LogP contribution in [0.3, 0.4) is 0 Å². The zero-order valence-electron chi connectivity index (χ0n) is 12.1. The lowest BCUT2D eigenvalue weighted by molar-refractivity contribution is -0.0242. The fourth-order valence-corrected chi connectivity index (χ4v) is 3.40. The van der Waals surface area contributed by atoms with Crippen LogP contribution in [-0.4, -0.2) is 28.9 Å². The number of hydrogen-bond donors (Lipinski definition) is 1. The van der Waals surface area contributed by atoms with Gasteiger partial charge in [0.25, 0.3) is 0 Å². The average Bonchev–Trinajstić information content (AvgIpc) is 3.11. The molecule has 2 aliphatic rings. The summed E-state index contributed by atoms with van der Waals surface area (Å²) in [5.74, 6) is 0.924. The summed E-state index contributed by atoms with van der Waals surface area (Å²) >= 11 is 0. The quantitative estimate of drug-likeness (QED) is 0.916. The summed E-state index contributed by atoms with van der Waals surface area (Å²) in [6, 6.07) is 16.3. The predicted molar refractivity (Wildman–Crippen MR) is 83.4 cm³/mol. The van der Waals surface area contributed by atoms with E-state index in [1.54, 1.807) is 0 Å². The highest BCUT2D eigenvalue weighted by molar-refractivity contribution is 6.05. The Morgan fingerprint density at radius 3 is 2.67 bits per heavy atom. The standard InChI is InChI=1S/C18H18N2O/c1-2-13-7-9-14(10-8-13)18(21)16-6-4-3-5-15(16)17-19-11-12-20(17)18/h3-10,21H,2,11-12H2,1H3. The van der Waals surface area contributed by atoms with Crippen LogP contribution < -0.4 is 0 Å². The van der Waals surface area contributed by atoms with Gasteiger partial charge >= 0.3 is 0 Å². The number of aliphatic hydroxyl groups is 1. The summed E-state index contributed by atoms with van der Waals surface area (Å²) in [4.78, 5) is 6.60. The molecule has 1 unspecified atom stereocenters. The molecule has 106 valence electrons. The molecule has 0 saturated carbocycles. The Kier molecular flexibility index (Phi) is 2.66. The lowest BCUT2D eigenvalue weighted by Crippen LogP contribution is -2.43. The average molecular weight is 278 g/mol. The van der Waals surface area contributed by atoms with Crippen molar-refractivity contribution in [3.05, 3.63) is 70.8 Å². The molecule has 2 aromatic rings. The number of aliphatic imine (C=N–C) groups is 1. The Morgan fingerprint density at radius 1 is 1.14 bits per heavy atom. The fourth-order valence-electron chi connectivity index (χ4n) is 3.40. The van der Waals surface area contributed by atoms with Crippen molar-refractivity contribution in [2.24, 2.45) is 4.99 Å². The first-order valence-corrected chi connectivity index (χ1v) is 7.49. The van der Waals surface area contributed by atoms with Crippen molar-refractivity contribution in [2.75, 3.05) is 13.1 Å². The molecule has 0 fully saturated rings. The van der Waals surface area contributed by atoms with E-state index >= 15 is 0 Å². The molecule has 0 bridgehead atoms. The molecule has 2 aromatic carbocycles. The second-order valence-electron chi connectivity index (χ2n) is 5.63. The highest BCUT2D eigenvalue weighted by Crippen LogP contribution is 2.43.